The van der Waals surface area contributed by atoms with E-state index in [4.69, 9.17) is 4.74 Å². The molecule has 0 amide bonds. The van der Waals surface area contributed by atoms with E-state index in [-0.39, 0.29) is 0 Å². The van der Waals surface area contributed by atoms with Crippen molar-refractivity contribution in [3.8, 4) is 5.75 Å². The van der Waals surface area contributed by atoms with Gasteiger partial charge in [-0.1, -0.05) is 60.7 Å². The summed E-state index contributed by atoms with van der Waals surface area (Å²) in [5.41, 5.74) is 2.60. The standard InChI is InChI=1S/C21H20OS/c1-2-7-16(8-3-1)15-22-19-13-12-17-9-4-5-10-18(17)21(19)20-11-6-14-23-20/h1-5,7-10,12-13,20H,6,11,14-15H2. The molecule has 0 bridgehead atoms. The lowest BCUT2D eigenvalue weighted by Crippen LogP contribution is -2.01. The van der Waals surface area contributed by atoms with Crippen LogP contribution >= 0.6 is 11.8 Å². The van der Waals surface area contributed by atoms with Crippen LogP contribution < -0.4 is 4.74 Å². The molecule has 0 aliphatic carbocycles. The summed E-state index contributed by atoms with van der Waals surface area (Å²) in [5.74, 6) is 2.30. The van der Waals surface area contributed by atoms with E-state index in [0.29, 0.717) is 11.9 Å². The van der Waals surface area contributed by atoms with Gasteiger partial charge in [0.25, 0.3) is 0 Å². The maximum atomic E-state index is 6.23. The highest BCUT2D eigenvalue weighted by molar-refractivity contribution is 7.99. The van der Waals surface area contributed by atoms with Crippen molar-refractivity contribution in [1.29, 1.82) is 0 Å². The Morgan fingerprint density at radius 1 is 0.913 bits per heavy atom. The molecule has 1 aliphatic rings. The Labute approximate surface area is 141 Å². The van der Waals surface area contributed by atoms with Gasteiger partial charge in [0.1, 0.15) is 12.4 Å². The summed E-state index contributed by atoms with van der Waals surface area (Å²) in [6.45, 7) is 0.629. The summed E-state index contributed by atoms with van der Waals surface area (Å²) in [5, 5.41) is 3.21. The molecule has 1 fully saturated rings. The Morgan fingerprint density at radius 2 is 1.74 bits per heavy atom. The Bertz CT molecular complexity index is 791. The van der Waals surface area contributed by atoms with Crippen molar-refractivity contribution in [2.24, 2.45) is 0 Å². The van der Waals surface area contributed by atoms with Gasteiger partial charge in [-0.3, -0.25) is 0 Å². The second-order valence-electron chi connectivity index (χ2n) is 5.97. The fourth-order valence-electron chi connectivity index (χ4n) is 3.27. The first-order valence-corrected chi connectivity index (χ1v) is 9.27. The smallest absolute Gasteiger partial charge is 0.124 e. The number of rotatable bonds is 4. The highest BCUT2D eigenvalue weighted by Crippen LogP contribution is 2.46. The van der Waals surface area contributed by atoms with Crippen molar-refractivity contribution in [3.63, 3.8) is 0 Å². The SMILES string of the molecule is c1ccc(COc2ccc3ccccc3c2C2CCCS2)cc1. The minimum atomic E-state index is 0.562. The van der Waals surface area contributed by atoms with Crippen molar-refractivity contribution >= 4 is 22.5 Å². The van der Waals surface area contributed by atoms with Gasteiger partial charge in [0.15, 0.2) is 0 Å². The van der Waals surface area contributed by atoms with Crippen molar-refractivity contribution < 1.29 is 4.74 Å². The van der Waals surface area contributed by atoms with Gasteiger partial charge in [-0.05, 0) is 41.0 Å². The fourth-order valence-corrected chi connectivity index (χ4v) is 4.64. The van der Waals surface area contributed by atoms with Crippen LogP contribution in [0.3, 0.4) is 0 Å². The summed E-state index contributed by atoms with van der Waals surface area (Å²) in [4.78, 5) is 0. The summed E-state index contributed by atoms with van der Waals surface area (Å²) in [6.07, 6.45) is 2.55. The lowest BCUT2D eigenvalue weighted by Gasteiger charge is -2.18. The summed E-state index contributed by atoms with van der Waals surface area (Å²) in [6, 6.07) is 23.4. The number of ether oxygens (including phenoxy) is 1. The van der Waals surface area contributed by atoms with Gasteiger partial charge in [0, 0.05) is 10.8 Å². The van der Waals surface area contributed by atoms with Crippen molar-refractivity contribution in [3.05, 3.63) is 77.9 Å². The average Bonchev–Trinajstić information content (AvgIpc) is 3.14. The van der Waals surface area contributed by atoms with Crippen LogP contribution in [0.25, 0.3) is 10.8 Å². The number of hydrogen-bond donors (Lipinski definition) is 0. The number of hydrogen-bond acceptors (Lipinski definition) is 2. The molecule has 1 aliphatic heterocycles. The molecule has 1 atom stereocenters. The lowest BCUT2D eigenvalue weighted by molar-refractivity contribution is 0.303. The number of fused-ring (bicyclic) bond motifs is 1. The Balaban J connectivity index is 1.71. The Kier molecular flexibility index (Phi) is 4.25. The van der Waals surface area contributed by atoms with Crippen LogP contribution in [0.4, 0.5) is 0 Å². The molecular formula is C21H20OS. The highest BCUT2D eigenvalue weighted by atomic mass is 32.2. The zero-order valence-electron chi connectivity index (χ0n) is 13.1. The maximum absolute atomic E-state index is 6.23. The van der Waals surface area contributed by atoms with Crippen LogP contribution in [-0.4, -0.2) is 5.75 Å². The molecule has 2 heteroatoms. The van der Waals surface area contributed by atoms with E-state index < -0.39 is 0 Å². The molecule has 0 spiro atoms. The zero-order valence-corrected chi connectivity index (χ0v) is 13.9. The first kappa shape index (κ1) is 14.6. The van der Waals surface area contributed by atoms with Crippen LogP contribution in [0.15, 0.2) is 66.7 Å². The van der Waals surface area contributed by atoms with Crippen LogP contribution in [0.5, 0.6) is 5.75 Å². The highest BCUT2D eigenvalue weighted by Gasteiger charge is 2.23. The van der Waals surface area contributed by atoms with Gasteiger partial charge < -0.3 is 4.74 Å². The van der Waals surface area contributed by atoms with E-state index >= 15 is 0 Å². The Hall–Kier alpha value is -1.93. The number of benzene rings is 3. The second-order valence-corrected chi connectivity index (χ2v) is 7.29. The topological polar surface area (TPSA) is 9.23 Å². The minimum absolute atomic E-state index is 0.562. The largest absolute Gasteiger partial charge is 0.489 e. The third-order valence-corrected chi connectivity index (χ3v) is 5.82. The fraction of sp³-hybridized carbons (Fsp3) is 0.238. The monoisotopic (exact) mass is 320 g/mol. The molecule has 1 nitrogen and oxygen atoms in total. The second kappa shape index (κ2) is 6.67. The van der Waals surface area contributed by atoms with Crippen LogP contribution in [0, 0.1) is 0 Å². The van der Waals surface area contributed by atoms with Gasteiger partial charge in [0.05, 0.1) is 0 Å². The first-order chi connectivity index (χ1) is 11.4. The molecule has 4 rings (SSSR count). The quantitative estimate of drug-likeness (QED) is 0.584. The third kappa shape index (κ3) is 3.09. The van der Waals surface area contributed by atoms with E-state index in [1.165, 1.54) is 40.5 Å². The zero-order chi connectivity index (χ0) is 15.5. The van der Waals surface area contributed by atoms with E-state index in [0.717, 1.165) is 5.75 Å². The van der Waals surface area contributed by atoms with Crippen molar-refractivity contribution in [2.75, 3.05) is 5.75 Å². The normalized spacial score (nSPS) is 17.5. The maximum Gasteiger partial charge on any atom is 0.124 e. The van der Waals surface area contributed by atoms with Gasteiger partial charge in [-0.2, -0.15) is 11.8 Å². The summed E-state index contributed by atoms with van der Waals surface area (Å²) >= 11 is 2.07. The van der Waals surface area contributed by atoms with E-state index in [1.54, 1.807) is 0 Å². The minimum Gasteiger partial charge on any atom is -0.489 e. The van der Waals surface area contributed by atoms with Crippen LogP contribution in [0.1, 0.15) is 29.2 Å². The molecule has 0 saturated carbocycles. The molecule has 0 N–H and O–H groups in total. The summed E-state index contributed by atoms with van der Waals surface area (Å²) < 4.78 is 6.23. The molecule has 116 valence electrons. The first-order valence-electron chi connectivity index (χ1n) is 8.22. The molecule has 0 aromatic heterocycles. The van der Waals surface area contributed by atoms with Crippen LogP contribution in [-0.2, 0) is 6.61 Å². The molecule has 0 radical (unpaired) electrons. The molecule has 3 aromatic carbocycles. The number of thioether (sulfide) groups is 1. The van der Waals surface area contributed by atoms with E-state index in [9.17, 15) is 0 Å². The van der Waals surface area contributed by atoms with Crippen molar-refractivity contribution in [1.82, 2.24) is 0 Å². The van der Waals surface area contributed by atoms with Gasteiger partial charge in [0.2, 0.25) is 0 Å². The molecular weight excluding hydrogens is 300 g/mol. The van der Waals surface area contributed by atoms with Gasteiger partial charge in [-0.15, -0.1) is 0 Å². The summed E-state index contributed by atoms with van der Waals surface area (Å²) in [7, 11) is 0. The molecule has 1 heterocycles. The van der Waals surface area contributed by atoms with Crippen LogP contribution in [0.2, 0.25) is 0 Å². The predicted molar refractivity (Wildman–Crippen MR) is 99.2 cm³/mol. The molecule has 3 aromatic rings. The predicted octanol–water partition coefficient (Wildman–Crippen LogP) is 5.99. The van der Waals surface area contributed by atoms with E-state index in [1.807, 2.05) is 6.07 Å². The molecule has 23 heavy (non-hydrogen) atoms. The Morgan fingerprint density at radius 3 is 2.57 bits per heavy atom. The molecule has 1 unspecified atom stereocenters. The van der Waals surface area contributed by atoms with Gasteiger partial charge in [-0.25, -0.2) is 0 Å². The van der Waals surface area contributed by atoms with Crippen molar-refractivity contribution in [2.45, 2.75) is 24.7 Å². The third-order valence-electron chi connectivity index (χ3n) is 4.42. The molecule has 1 saturated heterocycles. The lowest BCUT2D eigenvalue weighted by atomic mass is 9.99. The van der Waals surface area contributed by atoms with Gasteiger partial charge >= 0.3 is 0 Å². The average molecular weight is 320 g/mol. The van der Waals surface area contributed by atoms with E-state index in [2.05, 4.69) is 72.4 Å².